The third-order valence-corrected chi connectivity index (χ3v) is 1.73. The van der Waals surface area contributed by atoms with Crippen LogP contribution in [0.4, 0.5) is 5.69 Å². The largest absolute Gasteiger partial charge is 0.383 e. The van der Waals surface area contributed by atoms with E-state index in [1.165, 1.54) is 12.4 Å². The first kappa shape index (κ1) is 11.5. The number of aromatic nitrogens is 2. The Bertz CT molecular complexity index is 327. The first-order valence-corrected chi connectivity index (χ1v) is 4.33. The van der Waals surface area contributed by atoms with E-state index < -0.39 is 4.92 Å². The van der Waals surface area contributed by atoms with Gasteiger partial charge in [-0.2, -0.15) is 0 Å². The molecule has 0 radical (unpaired) electrons. The zero-order valence-electron chi connectivity index (χ0n) is 8.29. The van der Waals surface area contributed by atoms with E-state index in [1.807, 2.05) is 0 Å². The Labute approximate surface area is 86.4 Å². The molecule has 1 atom stereocenters. The quantitative estimate of drug-likeness (QED) is 0.539. The molecule has 1 heterocycles. The average molecular weight is 212 g/mol. The van der Waals surface area contributed by atoms with Crippen LogP contribution in [0.1, 0.15) is 5.82 Å². The second-order valence-electron chi connectivity index (χ2n) is 3.03. The van der Waals surface area contributed by atoms with E-state index >= 15 is 0 Å². The maximum atomic E-state index is 10.3. The molecule has 0 saturated heterocycles. The molecule has 0 aliphatic rings. The zero-order chi connectivity index (χ0) is 11.3. The molecule has 0 amide bonds. The summed E-state index contributed by atoms with van der Waals surface area (Å²) >= 11 is 0. The topological polar surface area (TPSA) is 104 Å². The van der Waals surface area contributed by atoms with Crippen LogP contribution >= 0.6 is 0 Å². The van der Waals surface area contributed by atoms with Crippen LogP contribution in [0.5, 0.6) is 0 Å². The Kier molecular flexibility index (Phi) is 4.07. The highest BCUT2D eigenvalue weighted by atomic mass is 16.6. The van der Waals surface area contributed by atoms with Gasteiger partial charge in [0.1, 0.15) is 18.2 Å². The number of ether oxygens (including phenoxy) is 1. The molecule has 15 heavy (non-hydrogen) atoms. The fraction of sp³-hybridized carbons (Fsp3) is 0.500. The Balaban J connectivity index is 2.60. The van der Waals surface area contributed by atoms with E-state index in [1.54, 1.807) is 7.11 Å². The van der Waals surface area contributed by atoms with Crippen LogP contribution in [0.2, 0.25) is 0 Å². The molecular formula is C8H12N4O3. The van der Waals surface area contributed by atoms with Crippen molar-refractivity contribution in [2.75, 3.05) is 13.7 Å². The summed E-state index contributed by atoms with van der Waals surface area (Å²) in [5.41, 5.74) is 5.55. The molecule has 0 aliphatic heterocycles. The number of rotatable bonds is 5. The Morgan fingerprint density at radius 3 is 2.67 bits per heavy atom. The molecule has 7 heteroatoms. The number of hydrogen-bond acceptors (Lipinski definition) is 6. The Morgan fingerprint density at radius 1 is 1.60 bits per heavy atom. The minimum absolute atomic E-state index is 0.126. The summed E-state index contributed by atoms with van der Waals surface area (Å²) < 4.78 is 4.85. The lowest BCUT2D eigenvalue weighted by Crippen LogP contribution is -2.28. The van der Waals surface area contributed by atoms with E-state index in [0.717, 1.165) is 0 Å². The number of methoxy groups -OCH3 is 1. The summed E-state index contributed by atoms with van der Waals surface area (Å²) in [5.74, 6) is 0.477. The normalized spacial score (nSPS) is 12.4. The van der Waals surface area contributed by atoms with Crippen molar-refractivity contribution in [2.24, 2.45) is 5.73 Å². The number of hydrogen-bond donors (Lipinski definition) is 1. The minimum atomic E-state index is -0.543. The summed E-state index contributed by atoms with van der Waals surface area (Å²) in [6.45, 7) is 0.403. The fourth-order valence-corrected chi connectivity index (χ4v) is 1.06. The van der Waals surface area contributed by atoms with E-state index in [9.17, 15) is 10.1 Å². The monoisotopic (exact) mass is 212 g/mol. The highest BCUT2D eigenvalue weighted by Gasteiger charge is 2.09. The molecule has 1 rings (SSSR count). The third-order valence-electron chi connectivity index (χ3n) is 1.73. The first-order valence-electron chi connectivity index (χ1n) is 4.33. The molecule has 7 nitrogen and oxygen atoms in total. The van der Waals surface area contributed by atoms with E-state index in [4.69, 9.17) is 10.5 Å². The maximum Gasteiger partial charge on any atom is 0.305 e. The smallest absolute Gasteiger partial charge is 0.305 e. The third kappa shape index (κ3) is 3.56. The van der Waals surface area contributed by atoms with Crippen molar-refractivity contribution in [3.8, 4) is 0 Å². The molecule has 1 aromatic heterocycles. The van der Waals surface area contributed by atoms with Gasteiger partial charge in [-0.15, -0.1) is 0 Å². The summed E-state index contributed by atoms with van der Waals surface area (Å²) in [5, 5.41) is 10.3. The molecule has 82 valence electrons. The van der Waals surface area contributed by atoms with Crippen molar-refractivity contribution in [1.29, 1.82) is 0 Å². The van der Waals surface area contributed by atoms with Gasteiger partial charge in [0, 0.05) is 19.6 Å². The average Bonchev–Trinajstić information content (AvgIpc) is 2.18. The molecule has 2 N–H and O–H groups in total. The van der Waals surface area contributed by atoms with Gasteiger partial charge in [-0.05, 0) is 0 Å². The van der Waals surface area contributed by atoms with Crippen LogP contribution in [-0.4, -0.2) is 34.6 Å². The molecule has 0 spiro atoms. The minimum Gasteiger partial charge on any atom is -0.383 e. The van der Waals surface area contributed by atoms with Gasteiger partial charge in [0.2, 0.25) is 0 Å². The van der Waals surface area contributed by atoms with Crippen LogP contribution in [0, 0.1) is 10.1 Å². The second-order valence-corrected chi connectivity index (χ2v) is 3.03. The molecule has 0 saturated carbocycles. The lowest BCUT2D eigenvalue weighted by molar-refractivity contribution is -0.385. The van der Waals surface area contributed by atoms with E-state index in [0.29, 0.717) is 18.9 Å². The summed E-state index contributed by atoms with van der Waals surface area (Å²) in [6, 6.07) is -0.198. The van der Waals surface area contributed by atoms with Gasteiger partial charge in [-0.25, -0.2) is 9.97 Å². The number of nitrogens with zero attached hydrogens (tertiary/aromatic N) is 3. The number of nitro groups is 1. The van der Waals surface area contributed by atoms with Crippen molar-refractivity contribution < 1.29 is 9.66 Å². The van der Waals surface area contributed by atoms with Crippen molar-refractivity contribution in [2.45, 2.75) is 12.5 Å². The predicted octanol–water partition coefficient (Wildman–Crippen LogP) is -0.0990. The Hall–Kier alpha value is -1.60. The number of nitrogens with two attached hydrogens (primary N) is 1. The van der Waals surface area contributed by atoms with Crippen molar-refractivity contribution in [1.82, 2.24) is 9.97 Å². The van der Waals surface area contributed by atoms with Gasteiger partial charge in [0.15, 0.2) is 0 Å². The van der Waals surface area contributed by atoms with Gasteiger partial charge >= 0.3 is 5.69 Å². The van der Waals surface area contributed by atoms with Gasteiger partial charge in [-0.3, -0.25) is 10.1 Å². The summed E-state index contributed by atoms with van der Waals surface area (Å²) in [4.78, 5) is 17.4. The lowest BCUT2D eigenvalue weighted by Gasteiger charge is -2.07. The molecule has 1 aromatic rings. The zero-order valence-corrected chi connectivity index (χ0v) is 8.29. The second kappa shape index (κ2) is 5.32. The highest BCUT2D eigenvalue weighted by molar-refractivity contribution is 5.20. The molecule has 1 unspecified atom stereocenters. The summed E-state index contributed by atoms with van der Waals surface area (Å²) in [7, 11) is 1.55. The van der Waals surface area contributed by atoms with Gasteiger partial charge in [0.05, 0.1) is 11.5 Å². The fourth-order valence-electron chi connectivity index (χ4n) is 1.06. The molecule has 0 aliphatic carbocycles. The standard InChI is InChI=1S/C8H12N4O3/c1-15-5-6(9)2-8-10-3-7(4-11-8)12(13)14/h3-4,6H,2,5,9H2,1H3. The Morgan fingerprint density at radius 2 is 2.20 bits per heavy atom. The molecule has 0 aromatic carbocycles. The highest BCUT2D eigenvalue weighted by Crippen LogP contribution is 2.06. The maximum absolute atomic E-state index is 10.3. The SMILES string of the molecule is COCC(N)Cc1ncc([N+](=O)[O-])cn1. The molecule has 0 fully saturated rings. The van der Waals surface area contributed by atoms with Crippen molar-refractivity contribution >= 4 is 5.69 Å². The van der Waals surface area contributed by atoms with Crippen LogP contribution in [0.3, 0.4) is 0 Å². The van der Waals surface area contributed by atoms with Crippen LogP contribution in [0.25, 0.3) is 0 Å². The molecule has 0 bridgehead atoms. The van der Waals surface area contributed by atoms with E-state index in [-0.39, 0.29) is 11.7 Å². The van der Waals surface area contributed by atoms with Crippen molar-refractivity contribution in [3.63, 3.8) is 0 Å². The van der Waals surface area contributed by atoms with E-state index in [2.05, 4.69) is 9.97 Å². The predicted molar refractivity (Wildman–Crippen MR) is 52.2 cm³/mol. The van der Waals surface area contributed by atoms with Gasteiger partial charge in [0.25, 0.3) is 0 Å². The lowest BCUT2D eigenvalue weighted by atomic mass is 10.2. The van der Waals surface area contributed by atoms with Crippen LogP contribution in [-0.2, 0) is 11.2 Å². The molecular weight excluding hydrogens is 200 g/mol. The first-order chi connectivity index (χ1) is 7.13. The van der Waals surface area contributed by atoms with Crippen LogP contribution < -0.4 is 5.73 Å². The summed E-state index contributed by atoms with van der Waals surface area (Å²) in [6.07, 6.45) is 2.77. The van der Waals surface area contributed by atoms with Gasteiger partial charge in [-0.1, -0.05) is 0 Å². The van der Waals surface area contributed by atoms with Gasteiger partial charge < -0.3 is 10.5 Å². The van der Waals surface area contributed by atoms with Crippen LogP contribution in [0.15, 0.2) is 12.4 Å². The van der Waals surface area contributed by atoms with Crippen molar-refractivity contribution in [3.05, 3.63) is 28.3 Å².